The van der Waals surface area contributed by atoms with Gasteiger partial charge in [0.2, 0.25) is 0 Å². The number of carbonyl (C=O) groups excluding carboxylic acids is 1. The van der Waals surface area contributed by atoms with Crippen LogP contribution in [0.1, 0.15) is 23.7 Å². The van der Waals surface area contributed by atoms with Crippen molar-refractivity contribution in [2.24, 2.45) is 0 Å². The van der Waals surface area contributed by atoms with E-state index in [-0.39, 0.29) is 29.0 Å². The summed E-state index contributed by atoms with van der Waals surface area (Å²) in [6.07, 6.45) is 0.456. The van der Waals surface area contributed by atoms with Gasteiger partial charge in [-0.15, -0.1) is 0 Å². The van der Waals surface area contributed by atoms with E-state index >= 15 is 0 Å². The highest BCUT2D eigenvalue weighted by Crippen LogP contribution is 2.20. The third kappa shape index (κ3) is 3.12. The molecule has 0 spiro atoms. The Bertz CT molecular complexity index is 585. The van der Waals surface area contributed by atoms with Crippen LogP contribution in [0.3, 0.4) is 0 Å². The van der Waals surface area contributed by atoms with Gasteiger partial charge in [-0.2, -0.15) is 0 Å². The molecular weight excluding hydrogens is 269 g/mol. The van der Waals surface area contributed by atoms with Crippen molar-refractivity contribution in [3.63, 3.8) is 0 Å². The van der Waals surface area contributed by atoms with Crippen LogP contribution >= 0.6 is 0 Å². The number of hydrogen-bond donors (Lipinski definition) is 0. The lowest BCUT2D eigenvalue weighted by molar-refractivity contribution is 0.0708. The molecule has 0 bridgehead atoms. The predicted molar refractivity (Wildman–Crippen MR) is 70.2 cm³/mol. The zero-order valence-electron chi connectivity index (χ0n) is 10.7. The van der Waals surface area contributed by atoms with Gasteiger partial charge in [0.15, 0.2) is 9.84 Å². The summed E-state index contributed by atoms with van der Waals surface area (Å²) < 4.78 is 36.1. The molecule has 0 aromatic heterocycles. The van der Waals surface area contributed by atoms with E-state index in [9.17, 15) is 17.6 Å². The van der Waals surface area contributed by atoms with Crippen molar-refractivity contribution in [1.82, 2.24) is 4.90 Å². The zero-order valence-corrected chi connectivity index (χ0v) is 11.5. The van der Waals surface area contributed by atoms with E-state index in [1.54, 1.807) is 6.92 Å². The molecule has 1 amide bonds. The standard InChI is InChI=1S/C13H16FNO3S/c1-2-15(12-6-7-19(17,18)9-12)13(16)10-4-3-5-11(14)8-10/h3-5,8,12H,2,6-7,9H2,1H3/t12-/m1/s1. The molecule has 4 nitrogen and oxygen atoms in total. The largest absolute Gasteiger partial charge is 0.335 e. The summed E-state index contributed by atoms with van der Waals surface area (Å²) in [5, 5.41) is 0. The van der Waals surface area contributed by atoms with Crippen molar-refractivity contribution in [3.05, 3.63) is 35.6 Å². The molecule has 1 aliphatic heterocycles. The quantitative estimate of drug-likeness (QED) is 0.845. The third-order valence-electron chi connectivity index (χ3n) is 3.32. The minimum Gasteiger partial charge on any atom is -0.335 e. The van der Waals surface area contributed by atoms with Gasteiger partial charge in [0, 0.05) is 18.2 Å². The number of carbonyl (C=O) groups is 1. The molecule has 104 valence electrons. The molecule has 1 saturated heterocycles. The van der Waals surface area contributed by atoms with Crippen molar-refractivity contribution < 1.29 is 17.6 Å². The highest BCUT2D eigenvalue weighted by Gasteiger charge is 2.34. The maximum Gasteiger partial charge on any atom is 0.254 e. The minimum absolute atomic E-state index is 0.00188. The minimum atomic E-state index is -3.04. The molecule has 1 heterocycles. The Balaban J connectivity index is 2.21. The fourth-order valence-corrected chi connectivity index (χ4v) is 4.11. The van der Waals surface area contributed by atoms with Crippen LogP contribution in [0, 0.1) is 5.82 Å². The van der Waals surface area contributed by atoms with E-state index in [0.717, 1.165) is 0 Å². The second-order valence-corrected chi connectivity index (χ2v) is 6.89. The molecule has 2 rings (SSSR count). The number of nitrogens with zero attached hydrogens (tertiary/aromatic N) is 1. The van der Waals surface area contributed by atoms with Crippen molar-refractivity contribution in [2.75, 3.05) is 18.1 Å². The van der Waals surface area contributed by atoms with Crippen LogP contribution in [0.25, 0.3) is 0 Å². The molecule has 0 aliphatic carbocycles. The molecule has 0 unspecified atom stereocenters. The van der Waals surface area contributed by atoms with E-state index in [1.165, 1.54) is 29.2 Å². The SMILES string of the molecule is CCN(C(=O)c1cccc(F)c1)[C@@H]1CCS(=O)(=O)C1. The fourth-order valence-electron chi connectivity index (χ4n) is 2.38. The maximum absolute atomic E-state index is 13.1. The molecule has 0 radical (unpaired) electrons. The Labute approximate surface area is 112 Å². The van der Waals surface area contributed by atoms with Crippen molar-refractivity contribution >= 4 is 15.7 Å². The second-order valence-electron chi connectivity index (χ2n) is 4.66. The molecule has 1 atom stereocenters. The Kier molecular flexibility index (Phi) is 3.89. The highest BCUT2D eigenvalue weighted by molar-refractivity contribution is 7.91. The summed E-state index contributed by atoms with van der Waals surface area (Å²) in [6, 6.07) is 5.16. The number of benzene rings is 1. The average Bonchev–Trinajstić information content (AvgIpc) is 2.70. The van der Waals surface area contributed by atoms with Gasteiger partial charge in [-0.3, -0.25) is 4.79 Å². The summed E-state index contributed by atoms with van der Waals surface area (Å²) in [5.74, 6) is -0.669. The summed E-state index contributed by atoms with van der Waals surface area (Å²) >= 11 is 0. The second kappa shape index (κ2) is 5.28. The number of rotatable bonds is 3. The van der Waals surface area contributed by atoms with Crippen LogP contribution in [0.5, 0.6) is 0 Å². The normalized spacial score (nSPS) is 21.3. The first-order valence-electron chi connectivity index (χ1n) is 6.20. The van der Waals surface area contributed by atoms with Crippen LogP contribution in [0.4, 0.5) is 4.39 Å². The lowest BCUT2D eigenvalue weighted by atomic mass is 10.1. The summed E-state index contributed by atoms with van der Waals surface area (Å²) in [5.41, 5.74) is 0.256. The molecule has 6 heteroatoms. The van der Waals surface area contributed by atoms with Gasteiger partial charge in [0.1, 0.15) is 5.82 Å². The first kappa shape index (κ1) is 14.0. The van der Waals surface area contributed by atoms with Gasteiger partial charge in [-0.05, 0) is 31.5 Å². The first-order chi connectivity index (χ1) is 8.93. The van der Waals surface area contributed by atoms with E-state index < -0.39 is 15.7 Å². The highest BCUT2D eigenvalue weighted by atomic mass is 32.2. The maximum atomic E-state index is 13.1. The van der Waals surface area contributed by atoms with Crippen LogP contribution in [0.2, 0.25) is 0 Å². The fraction of sp³-hybridized carbons (Fsp3) is 0.462. The van der Waals surface area contributed by atoms with Gasteiger partial charge in [-0.25, -0.2) is 12.8 Å². The molecule has 0 saturated carbocycles. The predicted octanol–water partition coefficient (Wildman–Crippen LogP) is 1.47. The van der Waals surface area contributed by atoms with Crippen LogP contribution in [0.15, 0.2) is 24.3 Å². The number of amides is 1. The van der Waals surface area contributed by atoms with Gasteiger partial charge >= 0.3 is 0 Å². The number of sulfone groups is 1. The van der Waals surface area contributed by atoms with Gasteiger partial charge in [0.25, 0.3) is 5.91 Å². The van der Waals surface area contributed by atoms with Crippen LogP contribution in [-0.4, -0.2) is 43.3 Å². The van der Waals surface area contributed by atoms with Crippen molar-refractivity contribution in [2.45, 2.75) is 19.4 Å². The first-order valence-corrected chi connectivity index (χ1v) is 8.02. The van der Waals surface area contributed by atoms with Gasteiger partial charge < -0.3 is 4.90 Å². The lowest BCUT2D eigenvalue weighted by Crippen LogP contribution is -2.41. The summed E-state index contributed by atoms with van der Waals surface area (Å²) in [7, 11) is -3.04. The Morgan fingerprint density at radius 3 is 2.74 bits per heavy atom. The van der Waals surface area contributed by atoms with E-state index in [1.807, 2.05) is 0 Å². The smallest absolute Gasteiger partial charge is 0.254 e. The Morgan fingerprint density at radius 2 is 2.21 bits per heavy atom. The zero-order chi connectivity index (χ0) is 14.0. The molecule has 19 heavy (non-hydrogen) atoms. The average molecular weight is 285 g/mol. The molecule has 1 aliphatic rings. The van der Waals surface area contributed by atoms with Crippen molar-refractivity contribution in [3.8, 4) is 0 Å². The Morgan fingerprint density at radius 1 is 1.47 bits per heavy atom. The van der Waals surface area contributed by atoms with Crippen LogP contribution in [-0.2, 0) is 9.84 Å². The van der Waals surface area contributed by atoms with Crippen LogP contribution < -0.4 is 0 Å². The van der Waals surface area contributed by atoms with E-state index in [4.69, 9.17) is 0 Å². The summed E-state index contributed by atoms with van der Waals surface area (Å²) in [4.78, 5) is 13.8. The molecular formula is C13H16FNO3S. The van der Waals surface area contributed by atoms with Crippen molar-refractivity contribution in [1.29, 1.82) is 0 Å². The topological polar surface area (TPSA) is 54.5 Å². The third-order valence-corrected chi connectivity index (χ3v) is 5.07. The Hall–Kier alpha value is -1.43. The number of halogens is 1. The number of hydrogen-bond acceptors (Lipinski definition) is 3. The molecule has 1 aromatic carbocycles. The van der Waals surface area contributed by atoms with E-state index in [0.29, 0.717) is 13.0 Å². The lowest BCUT2D eigenvalue weighted by Gasteiger charge is -2.26. The molecule has 0 N–H and O–H groups in total. The molecule has 1 aromatic rings. The van der Waals surface area contributed by atoms with E-state index in [2.05, 4.69) is 0 Å². The van der Waals surface area contributed by atoms with Gasteiger partial charge in [0.05, 0.1) is 11.5 Å². The molecule has 1 fully saturated rings. The van der Waals surface area contributed by atoms with Gasteiger partial charge in [-0.1, -0.05) is 6.07 Å². The summed E-state index contributed by atoms with van der Waals surface area (Å²) in [6.45, 7) is 2.21. The monoisotopic (exact) mass is 285 g/mol.